The van der Waals surface area contributed by atoms with Crippen molar-refractivity contribution in [3.8, 4) is 11.8 Å². The van der Waals surface area contributed by atoms with Crippen LogP contribution >= 0.6 is 15.9 Å². The number of nitrogens with zero attached hydrogens (tertiary/aromatic N) is 2. The summed E-state index contributed by atoms with van der Waals surface area (Å²) < 4.78 is 6.11. The molecular formula is C16H20BrN3O2. The third-order valence-corrected chi connectivity index (χ3v) is 3.77. The highest BCUT2D eigenvalue weighted by atomic mass is 79.9. The Bertz CT molecular complexity index is 629. The van der Waals surface area contributed by atoms with Gasteiger partial charge in [-0.3, -0.25) is 0 Å². The molecule has 1 amide bonds. The van der Waals surface area contributed by atoms with Crippen molar-refractivity contribution in [1.82, 2.24) is 9.88 Å². The molecule has 0 radical (unpaired) electrons. The number of rotatable bonds is 0. The lowest BCUT2D eigenvalue weighted by Crippen LogP contribution is -2.35. The van der Waals surface area contributed by atoms with Crippen LogP contribution < -0.4 is 5.73 Å². The molecule has 0 spiro atoms. The molecular weight excluding hydrogens is 346 g/mol. The quantitative estimate of drug-likeness (QED) is 0.717. The van der Waals surface area contributed by atoms with Crippen LogP contribution in [0.4, 0.5) is 10.6 Å². The number of halogens is 1. The van der Waals surface area contributed by atoms with Crippen molar-refractivity contribution in [1.29, 1.82) is 0 Å². The zero-order valence-corrected chi connectivity index (χ0v) is 14.6. The van der Waals surface area contributed by atoms with Gasteiger partial charge in [0.15, 0.2) is 0 Å². The molecule has 0 aromatic carbocycles. The standard InChI is InChI=1S/C16H20BrN3O2/c1-16(2,3)22-15(21)20-7-6-11(10-20)4-5-12-8-13(17)14(18)19-9-12/h8-9,11H,6-7,10H2,1-3H3,(H2,18,19). The number of ether oxygens (including phenoxy) is 1. The Balaban J connectivity index is 1.95. The molecule has 1 aliphatic rings. The van der Waals surface area contributed by atoms with E-state index in [-0.39, 0.29) is 12.0 Å². The van der Waals surface area contributed by atoms with Crippen LogP contribution in [-0.2, 0) is 4.74 Å². The Labute approximate surface area is 139 Å². The van der Waals surface area contributed by atoms with Gasteiger partial charge < -0.3 is 15.4 Å². The fourth-order valence-corrected chi connectivity index (χ4v) is 2.42. The van der Waals surface area contributed by atoms with E-state index in [9.17, 15) is 4.79 Å². The minimum atomic E-state index is -0.469. The second-order valence-corrected chi connectivity index (χ2v) is 7.13. The van der Waals surface area contributed by atoms with Gasteiger partial charge in [0.25, 0.3) is 0 Å². The highest BCUT2D eigenvalue weighted by Crippen LogP contribution is 2.20. The van der Waals surface area contributed by atoms with Gasteiger partial charge in [0.2, 0.25) is 0 Å². The number of hydrogen-bond acceptors (Lipinski definition) is 4. The normalized spacial score (nSPS) is 17.8. The Morgan fingerprint density at radius 2 is 2.27 bits per heavy atom. The van der Waals surface area contributed by atoms with E-state index in [1.54, 1.807) is 11.1 Å². The molecule has 0 saturated carbocycles. The van der Waals surface area contributed by atoms with Gasteiger partial charge in [-0.2, -0.15) is 0 Å². The lowest BCUT2D eigenvalue weighted by Gasteiger charge is -2.24. The number of likely N-dealkylation sites (tertiary alicyclic amines) is 1. The van der Waals surface area contributed by atoms with Crippen LogP contribution in [0.5, 0.6) is 0 Å². The summed E-state index contributed by atoms with van der Waals surface area (Å²) in [4.78, 5) is 17.7. The average Bonchev–Trinajstić information content (AvgIpc) is 2.87. The van der Waals surface area contributed by atoms with Crippen LogP contribution in [-0.4, -0.2) is 34.7 Å². The van der Waals surface area contributed by atoms with Gasteiger partial charge in [-0.05, 0) is 49.2 Å². The summed E-state index contributed by atoms with van der Waals surface area (Å²) >= 11 is 3.33. The first-order valence-electron chi connectivity index (χ1n) is 7.15. The van der Waals surface area contributed by atoms with Gasteiger partial charge in [0.1, 0.15) is 11.4 Å². The molecule has 2 heterocycles. The van der Waals surface area contributed by atoms with Crippen LogP contribution in [0.15, 0.2) is 16.7 Å². The number of anilines is 1. The Hall–Kier alpha value is -1.74. The molecule has 6 heteroatoms. The molecule has 5 nitrogen and oxygen atoms in total. The molecule has 1 saturated heterocycles. The molecule has 1 fully saturated rings. The summed E-state index contributed by atoms with van der Waals surface area (Å²) in [5.74, 6) is 6.88. The third kappa shape index (κ3) is 4.63. The van der Waals surface area contributed by atoms with E-state index < -0.39 is 5.60 Å². The summed E-state index contributed by atoms with van der Waals surface area (Å²) in [5, 5.41) is 0. The van der Waals surface area contributed by atoms with Crippen LogP contribution in [0.3, 0.4) is 0 Å². The van der Waals surface area contributed by atoms with Crippen molar-refractivity contribution >= 4 is 27.8 Å². The molecule has 0 bridgehead atoms. The van der Waals surface area contributed by atoms with Crippen LogP contribution in [0.2, 0.25) is 0 Å². The van der Waals surface area contributed by atoms with E-state index in [4.69, 9.17) is 10.5 Å². The second kappa shape index (κ2) is 6.57. The molecule has 1 atom stereocenters. The minimum absolute atomic E-state index is 0.156. The number of hydrogen-bond donors (Lipinski definition) is 1. The smallest absolute Gasteiger partial charge is 0.410 e. The first kappa shape index (κ1) is 16.6. The van der Waals surface area contributed by atoms with Gasteiger partial charge in [-0.25, -0.2) is 9.78 Å². The lowest BCUT2D eigenvalue weighted by molar-refractivity contribution is 0.0291. The Morgan fingerprint density at radius 1 is 1.55 bits per heavy atom. The zero-order valence-electron chi connectivity index (χ0n) is 13.0. The van der Waals surface area contributed by atoms with E-state index in [0.717, 1.165) is 16.5 Å². The van der Waals surface area contributed by atoms with Crippen molar-refractivity contribution in [3.05, 3.63) is 22.3 Å². The number of nitrogens with two attached hydrogens (primary N) is 1. The molecule has 1 aromatic heterocycles. The maximum absolute atomic E-state index is 12.0. The van der Waals surface area contributed by atoms with E-state index >= 15 is 0 Å². The van der Waals surface area contributed by atoms with E-state index in [2.05, 4.69) is 32.8 Å². The maximum Gasteiger partial charge on any atom is 0.410 e. The fourth-order valence-electron chi connectivity index (χ4n) is 2.07. The third-order valence-electron chi connectivity index (χ3n) is 3.13. The predicted molar refractivity (Wildman–Crippen MR) is 89.1 cm³/mol. The van der Waals surface area contributed by atoms with Crippen molar-refractivity contribution in [2.75, 3.05) is 18.8 Å². The van der Waals surface area contributed by atoms with Gasteiger partial charge in [-0.15, -0.1) is 0 Å². The van der Waals surface area contributed by atoms with Crippen molar-refractivity contribution in [3.63, 3.8) is 0 Å². The van der Waals surface area contributed by atoms with Crippen LogP contribution in [0.25, 0.3) is 0 Å². The maximum atomic E-state index is 12.0. The van der Waals surface area contributed by atoms with E-state index in [1.807, 2.05) is 26.8 Å². The van der Waals surface area contributed by atoms with Gasteiger partial charge in [0, 0.05) is 30.8 Å². The average molecular weight is 366 g/mol. The molecule has 118 valence electrons. The van der Waals surface area contributed by atoms with Crippen molar-refractivity contribution in [2.45, 2.75) is 32.8 Å². The molecule has 1 aromatic rings. The largest absolute Gasteiger partial charge is 0.444 e. The number of carbonyl (C=O) groups is 1. The molecule has 1 aliphatic heterocycles. The number of nitrogen functional groups attached to an aromatic ring is 1. The number of aromatic nitrogens is 1. The number of amides is 1. The number of carbonyl (C=O) groups excluding carboxylic acids is 1. The highest BCUT2D eigenvalue weighted by Gasteiger charge is 2.28. The second-order valence-electron chi connectivity index (χ2n) is 6.27. The minimum Gasteiger partial charge on any atom is -0.444 e. The summed E-state index contributed by atoms with van der Waals surface area (Å²) in [6, 6.07) is 1.84. The molecule has 2 rings (SSSR count). The Morgan fingerprint density at radius 3 is 2.91 bits per heavy atom. The van der Waals surface area contributed by atoms with Gasteiger partial charge in [0.05, 0.1) is 4.47 Å². The molecule has 22 heavy (non-hydrogen) atoms. The first-order valence-corrected chi connectivity index (χ1v) is 7.94. The van der Waals surface area contributed by atoms with Gasteiger partial charge >= 0.3 is 6.09 Å². The summed E-state index contributed by atoms with van der Waals surface area (Å²) in [5.41, 5.74) is 5.98. The summed E-state index contributed by atoms with van der Waals surface area (Å²) in [6.45, 7) is 6.88. The molecule has 2 N–H and O–H groups in total. The predicted octanol–water partition coefficient (Wildman–Crippen LogP) is 3.03. The van der Waals surface area contributed by atoms with Crippen molar-refractivity contribution in [2.24, 2.45) is 5.92 Å². The SMILES string of the molecule is CC(C)(C)OC(=O)N1CCC(C#Cc2cnc(N)c(Br)c2)C1. The highest BCUT2D eigenvalue weighted by molar-refractivity contribution is 9.10. The summed E-state index contributed by atoms with van der Waals surface area (Å²) in [6.07, 6.45) is 2.23. The van der Waals surface area contributed by atoms with Crippen LogP contribution in [0, 0.1) is 17.8 Å². The Kier molecular flexibility index (Phi) is 4.97. The van der Waals surface area contributed by atoms with Gasteiger partial charge in [-0.1, -0.05) is 11.8 Å². The first-order chi connectivity index (χ1) is 10.2. The topological polar surface area (TPSA) is 68.5 Å². The zero-order chi connectivity index (χ0) is 16.3. The monoisotopic (exact) mass is 365 g/mol. The van der Waals surface area contributed by atoms with E-state index in [0.29, 0.717) is 18.9 Å². The number of pyridine rings is 1. The van der Waals surface area contributed by atoms with E-state index in [1.165, 1.54) is 0 Å². The lowest BCUT2D eigenvalue weighted by atomic mass is 10.1. The van der Waals surface area contributed by atoms with Crippen LogP contribution in [0.1, 0.15) is 32.8 Å². The molecule has 1 unspecified atom stereocenters. The summed E-state index contributed by atoms with van der Waals surface area (Å²) in [7, 11) is 0. The molecule has 0 aliphatic carbocycles. The fraction of sp³-hybridized carbons (Fsp3) is 0.500. The van der Waals surface area contributed by atoms with Crippen molar-refractivity contribution < 1.29 is 9.53 Å².